The van der Waals surface area contributed by atoms with Crippen LogP contribution in [0.4, 0.5) is 11.8 Å². The molecule has 188 valence electrons. The van der Waals surface area contributed by atoms with Crippen molar-refractivity contribution >= 4 is 29.3 Å². The quantitative estimate of drug-likeness (QED) is 0.352. The summed E-state index contributed by atoms with van der Waals surface area (Å²) in [5, 5.41) is 26.0. The molecule has 36 heavy (non-hydrogen) atoms. The summed E-state index contributed by atoms with van der Waals surface area (Å²) in [5.41, 5.74) is 4.05. The molecule has 0 spiro atoms. The number of carbonyl (C=O) groups is 1. The highest BCUT2D eigenvalue weighted by molar-refractivity contribution is 6.31. The number of benzene rings is 2. The summed E-state index contributed by atoms with van der Waals surface area (Å²) in [6.45, 7) is 3.54. The van der Waals surface area contributed by atoms with Crippen LogP contribution in [0.25, 0.3) is 0 Å². The molecule has 8 nitrogen and oxygen atoms in total. The molecule has 2 fully saturated rings. The highest BCUT2D eigenvalue weighted by Crippen LogP contribution is 2.50. The Morgan fingerprint density at radius 3 is 2.64 bits per heavy atom. The second kappa shape index (κ2) is 10.4. The Bertz CT molecular complexity index is 1250. The lowest BCUT2D eigenvalue weighted by atomic mass is 10.1. The first-order chi connectivity index (χ1) is 17.5. The molecule has 1 saturated carbocycles. The standard InChI is InChI=1S/C27H30ClN5O3/c1-16-2-4-17(5-3-16)10-30-26(36)22-12-31-27(33-13-20-9-21(20)24(33)15-35)32-25(22)29-11-18-6-7-19(14-34)23(28)8-18/h2-8,12,20-21,24,34-35H,9-11,13-15H2,1H3,(H,30,36)(H,29,31,32). The Morgan fingerprint density at radius 1 is 1.14 bits per heavy atom. The number of hydrogen-bond donors (Lipinski definition) is 4. The molecular formula is C27H30ClN5O3. The molecule has 0 bridgehead atoms. The third-order valence-corrected chi connectivity index (χ3v) is 7.44. The molecule has 0 radical (unpaired) electrons. The van der Waals surface area contributed by atoms with Crippen LogP contribution in [0.15, 0.2) is 48.7 Å². The number of nitrogens with one attached hydrogen (secondary N) is 2. The van der Waals surface area contributed by atoms with Gasteiger partial charge in [0, 0.05) is 30.9 Å². The molecule has 3 atom stereocenters. The molecule has 2 heterocycles. The fourth-order valence-electron chi connectivity index (χ4n) is 4.85. The third-order valence-electron chi connectivity index (χ3n) is 7.09. The van der Waals surface area contributed by atoms with E-state index in [4.69, 9.17) is 16.6 Å². The van der Waals surface area contributed by atoms with E-state index in [-0.39, 0.29) is 25.2 Å². The molecule has 2 aliphatic rings. The second-order valence-corrected chi connectivity index (χ2v) is 10.0. The van der Waals surface area contributed by atoms with E-state index in [0.717, 1.165) is 29.7 Å². The van der Waals surface area contributed by atoms with E-state index in [1.165, 1.54) is 0 Å². The SMILES string of the molecule is Cc1ccc(CNC(=O)c2cnc(N3CC4CC4C3CO)nc2NCc2ccc(CO)c(Cl)c2)cc1. The summed E-state index contributed by atoms with van der Waals surface area (Å²) in [5.74, 6) is 1.71. The summed E-state index contributed by atoms with van der Waals surface area (Å²) >= 11 is 6.26. The molecule has 4 N–H and O–H groups in total. The minimum atomic E-state index is -0.277. The van der Waals surface area contributed by atoms with Gasteiger partial charge in [-0.15, -0.1) is 0 Å². The lowest BCUT2D eigenvalue weighted by Gasteiger charge is -2.26. The number of aromatic nitrogens is 2. The van der Waals surface area contributed by atoms with E-state index in [0.29, 0.717) is 52.8 Å². The monoisotopic (exact) mass is 507 g/mol. The van der Waals surface area contributed by atoms with Crippen LogP contribution in [0, 0.1) is 18.8 Å². The molecule has 1 aromatic heterocycles. The minimum Gasteiger partial charge on any atom is -0.394 e. The van der Waals surface area contributed by atoms with Crippen LogP contribution in [0.1, 0.15) is 39.0 Å². The number of aliphatic hydroxyl groups is 2. The van der Waals surface area contributed by atoms with Gasteiger partial charge in [0.1, 0.15) is 11.4 Å². The Hall–Kier alpha value is -3.20. The van der Waals surface area contributed by atoms with Crippen molar-refractivity contribution in [3.8, 4) is 0 Å². The van der Waals surface area contributed by atoms with Crippen LogP contribution in [0.5, 0.6) is 0 Å². The van der Waals surface area contributed by atoms with Crippen LogP contribution >= 0.6 is 11.6 Å². The predicted octanol–water partition coefficient (Wildman–Crippen LogP) is 3.29. The average Bonchev–Trinajstić information content (AvgIpc) is 3.56. The second-order valence-electron chi connectivity index (χ2n) is 9.60. The van der Waals surface area contributed by atoms with Gasteiger partial charge in [-0.3, -0.25) is 4.79 Å². The number of amides is 1. The zero-order valence-electron chi connectivity index (χ0n) is 20.1. The maximum absolute atomic E-state index is 13.1. The molecular weight excluding hydrogens is 478 g/mol. The van der Waals surface area contributed by atoms with Crippen molar-refractivity contribution in [2.24, 2.45) is 11.8 Å². The van der Waals surface area contributed by atoms with Crippen LogP contribution in [-0.4, -0.2) is 45.3 Å². The molecule has 3 aromatic rings. The number of aryl methyl sites for hydroxylation is 1. The number of hydrogen-bond acceptors (Lipinski definition) is 7. The van der Waals surface area contributed by atoms with Crippen molar-refractivity contribution in [3.05, 3.63) is 81.5 Å². The zero-order valence-corrected chi connectivity index (χ0v) is 20.9. The number of halogens is 1. The molecule has 1 amide bonds. The first kappa shape index (κ1) is 24.5. The number of carbonyl (C=O) groups excluding carboxylic acids is 1. The number of aliphatic hydroxyl groups excluding tert-OH is 2. The average molecular weight is 508 g/mol. The predicted molar refractivity (Wildman–Crippen MR) is 139 cm³/mol. The molecule has 1 saturated heterocycles. The van der Waals surface area contributed by atoms with Crippen molar-refractivity contribution in [1.82, 2.24) is 15.3 Å². The lowest BCUT2D eigenvalue weighted by molar-refractivity contribution is 0.0951. The van der Waals surface area contributed by atoms with E-state index in [2.05, 4.69) is 15.6 Å². The van der Waals surface area contributed by atoms with Gasteiger partial charge >= 0.3 is 0 Å². The number of anilines is 2. The van der Waals surface area contributed by atoms with Crippen molar-refractivity contribution in [2.45, 2.75) is 39.1 Å². The topological polar surface area (TPSA) is 111 Å². The minimum absolute atomic E-state index is 0.00824. The fourth-order valence-corrected chi connectivity index (χ4v) is 5.11. The summed E-state index contributed by atoms with van der Waals surface area (Å²) in [4.78, 5) is 24.4. The number of nitrogens with zero attached hydrogens (tertiary/aromatic N) is 3. The Balaban J connectivity index is 1.37. The maximum atomic E-state index is 13.1. The fraction of sp³-hybridized carbons (Fsp3) is 0.370. The van der Waals surface area contributed by atoms with E-state index >= 15 is 0 Å². The number of piperidine rings is 1. The maximum Gasteiger partial charge on any atom is 0.256 e. The molecule has 1 aliphatic heterocycles. The van der Waals surface area contributed by atoms with Gasteiger partial charge in [-0.05, 0) is 47.9 Å². The van der Waals surface area contributed by atoms with Crippen LogP contribution < -0.4 is 15.5 Å². The van der Waals surface area contributed by atoms with Gasteiger partial charge in [0.25, 0.3) is 5.91 Å². The van der Waals surface area contributed by atoms with Gasteiger partial charge < -0.3 is 25.7 Å². The summed E-state index contributed by atoms with van der Waals surface area (Å²) in [6.07, 6.45) is 2.69. The summed E-state index contributed by atoms with van der Waals surface area (Å²) in [7, 11) is 0. The Labute approximate surface area is 215 Å². The molecule has 2 aromatic carbocycles. The van der Waals surface area contributed by atoms with Crippen LogP contribution in [0.2, 0.25) is 5.02 Å². The third kappa shape index (κ3) is 5.16. The Morgan fingerprint density at radius 2 is 1.92 bits per heavy atom. The van der Waals surface area contributed by atoms with E-state index in [1.807, 2.05) is 42.2 Å². The molecule has 9 heteroatoms. The van der Waals surface area contributed by atoms with Gasteiger partial charge in [0.2, 0.25) is 5.95 Å². The largest absolute Gasteiger partial charge is 0.394 e. The van der Waals surface area contributed by atoms with Crippen LogP contribution in [0.3, 0.4) is 0 Å². The van der Waals surface area contributed by atoms with Gasteiger partial charge in [0.05, 0.1) is 19.3 Å². The normalized spacial score (nSPS) is 20.2. The van der Waals surface area contributed by atoms with Crippen molar-refractivity contribution in [1.29, 1.82) is 0 Å². The van der Waals surface area contributed by atoms with Gasteiger partial charge in [-0.25, -0.2) is 4.98 Å². The summed E-state index contributed by atoms with van der Waals surface area (Å²) in [6, 6.07) is 13.4. The highest BCUT2D eigenvalue weighted by Gasteiger charge is 2.53. The van der Waals surface area contributed by atoms with Crippen molar-refractivity contribution < 1.29 is 15.0 Å². The van der Waals surface area contributed by atoms with E-state index < -0.39 is 0 Å². The molecule has 5 rings (SSSR count). The first-order valence-corrected chi connectivity index (χ1v) is 12.5. The number of rotatable bonds is 9. The van der Waals surface area contributed by atoms with Gasteiger partial charge in [0.15, 0.2) is 0 Å². The zero-order chi connectivity index (χ0) is 25.2. The number of fused-ring (bicyclic) bond motifs is 1. The van der Waals surface area contributed by atoms with E-state index in [1.54, 1.807) is 18.3 Å². The molecule has 1 aliphatic carbocycles. The first-order valence-electron chi connectivity index (χ1n) is 12.2. The lowest BCUT2D eigenvalue weighted by Crippen LogP contribution is -2.37. The van der Waals surface area contributed by atoms with Gasteiger partial charge in [-0.1, -0.05) is 53.6 Å². The smallest absolute Gasteiger partial charge is 0.256 e. The van der Waals surface area contributed by atoms with Gasteiger partial charge in [-0.2, -0.15) is 4.98 Å². The summed E-state index contributed by atoms with van der Waals surface area (Å²) < 4.78 is 0. The highest BCUT2D eigenvalue weighted by atomic mass is 35.5. The van der Waals surface area contributed by atoms with E-state index in [9.17, 15) is 15.0 Å². The molecule has 3 unspecified atom stereocenters. The Kier molecular flexibility index (Phi) is 7.09. The van der Waals surface area contributed by atoms with Crippen molar-refractivity contribution in [2.75, 3.05) is 23.4 Å². The van der Waals surface area contributed by atoms with Crippen LogP contribution in [-0.2, 0) is 19.7 Å². The van der Waals surface area contributed by atoms with Crippen molar-refractivity contribution in [3.63, 3.8) is 0 Å².